The lowest BCUT2D eigenvalue weighted by Crippen LogP contribution is -2.47. The van der Waals surface area contributed by atoms with Gasteiger partial charge in [-0.3, -0.25) is 4.79 Å². The Morgan fingerprint density at radius 3 is 2.53 bits per heavy atom. The maximum atomic E-state index is 11.7. The molecule has 0 heterocycles. The molecule has 2 aliphatic rings. The molecule has 3 N–H and O–H groups in total. The average molecular weight is 262 g/mol. The number of carbonyl (C=O) groups excluding carboxylic acids is 1. The molecule has 0 aromatic rings. The Labute approximate surface area is 101 Å². The molecule has 2 unspecified atom stereocenters. The minimum absolute atomic E-state index is 0.0641. The Kier molecular flexibility index (Phi) is 2.76. The third kappa shape index (κ3) is 2.61. The highest BCUT2D eigenvalue weighted by atomic mass is 32.2. The molecule has 98 valence electrons. The Balaban J connectivity index is 1.95. The molecule has 0 saturated heterocycles. The van der Waals surface area contributed by atoms with E-state index in [-0.39, 0.29) is 5.92 Å². The first-order valence-corrected chi connectivity index (χ1v) is 7.18. The van der Waals surface area contributed by atoms with Crippen LogP contribution in [0.1, 0.15) is 39.5 Å². The van der Waals surface area contributed by atoms with Gasteiger partial charge in [-0.1, -0.05) is 13.3 Å². The van der Waals surface area contributed by atoms with Gasteiger partial charge in [0.1, 0.15) is 0 Å². The fourth-order valence-electron chi connectivity index (χ4n) is 1.89. The predicted molar refractivity (Wildman–Crippen MR) is 61.1 cm³/mol. The molecule has 2 rings (SSSR count). The van der Waals surface area contributed by atoms with E-state index >= 15 is 0 Å². The van der Waals surface area contributed by atoms with Crippen molar-refractivity contribution in [3.8, 4) is 0 Å². The average Bonchev–Trinajstić information content (AvgIpc) is 3.05. The second kappa shape index (κ2) is 3.66. The molecule has 0 bridgehead atoms. The van der Waals surface area contributed by atoms with Crippen molar-refractivity contribution in [1.82, 2.24) is 4.72 Å². The van der Waals surface area contributed by atoms with Crippen molar-refractivity contribution in [2.45, 2.75) is 50.7 Å². The quantitative estimate of drug-likeness (QED) is 0.729. The van der Waals surface area contributed by atoms with Crippen LogP contribution in [0, 0.1) is 5.92 Å². The van der Waals surface area contributed by atoms with Gasteiger partial charge in [0.25, 0.3) is 5.91 Å². The maximum absolute atomic E-state index is 11.7. The minimum Gasteiger partial charge on any atom is -0.317 e. The van der Waals surface area contributed by atoms with E-state index in [0.29, 0.717) is 19.3 Å². The zero-order chi connectivity index (χ0) is 12.9. The summed E-state index contributed by atoms with van der Waals surface area (Å²) in [5, 5.41) is 0. The normalized spacial score (nSPS) is 34.2. The van der Waals surface area contributed by atoms with Crippen LogP contribution in [0.5, 0.6) is 0 Å². The zero-order valence-electron chi connectivity index (χ0n) is 10.0. The topological polar surface area (TPSA) is 98.5 Å². The first-order valence-electron chi connectivity index (χ1n) is 5.77. The van der Waals surface area contributed by atoms with E-state index in [1.165, 1.54) is 0 Å². The number of nitrogens with one attached hydrogen (secondary N) is 1. The summed E-state index contributed by atoms with van der Waals surface area (Å²) in [4.78, 5) is 11.7. The van der Waals surface area contributed by atoms with Gasteiger partial charge in [-0.2, -0.15) is 8.42 Å². The lowest BCUT2D eigenvalue weighted by Gasteiger charge is -2.14. The predicted octanol–water partition coefficient (Wildman–Crippen LogP) is 0.0439. The van der Waals surface area contributed by atoms with Crippen LogP contribution in [0.2, 0.25) is 0 Å². The standard InChI is InChI=1S/C10H18N2O4S/c1-3-7-6-10(7,11)8(13)12-17(14,15)16-9(2)4-5-9/h7H,3-6,11H2,1-2H3,(H,12,13). The van der Waals surface area contributed by atoms with E-state index in [9.17, 15) is 13.2 Å². The number of nitrogens with two attached hydrogens (primary N) is 1. The number of carbonyl (C=O) groups is 1. The third-order valence-electron chi connectivity index (χ3n) is 3.55. The van der Waals surface area contributed by atoms with Gasteiger partial charge < -0.3 is 5.73 Å². The third-order valence-corrected chi connectivity index (χ3v) is 4.61. The Morgan fingerprint density at radius 2 is 2.12 bits per heavy atom. The molecular weight excluding hydrogens is 244 g/mol. The number of hydrogen-bond acceptors (Lipinski definition) is 5. The molecule has 0 spiro atoms. The number of hydrogen-bond donors (Lipinski definition) is 2. The molecule has 1 amide bonds. The first kappa shape index (κ1) is 12.8. The monoisotopic (exact) mass is 262 g/mol. The minimum atomic E-state index is -4.03. The fraction of sp³-hybridized carbons (Fsp3) is 0.900. The van der Waals surface area contributed by atoms with Gasteiger partial charge in [0.15, 0.2) is 0 Å². The molecule has 0 aromatic carbocycles. The van der Waals surface area contributed by atoms with Crippen LogP contribution in [-0.4, -0.2) is 25.5 Å². The summed E-state index contributed by atoms with van der Waals surface area (Å²) in [6, 6.07) is 0. The summed E-state index contributed by atoms with van der Waals surface area (Å²) < 4.78 is 29.9. The van der Waals surface area contributed by atoms with Crippen LogP contribution in [0.15, 0.2) is 0 Å². The van der Waals surface area contributed by atoms with E-state index < -0.39 is 27.4 Å². The van der Waals surface area contributed by atoms with Gasteiger partial charge in [0.05, 0.1) is 11.1 Å². The molecule has 0 aromatic heterocycles. The Bertz CT molecular complexity index is 443. The summed E-state index contributed by atoms with van der Waals surface area (Å²) in [7, 11) is -4.03. The zero-order valence-corrected chi connectivity index (χ0v) is 10.8. The second-order valence-corrected chi connectivity index (χ2v) is 6.55. The molecule has 2 fully saturated rings. The molecule has 6 nitrogen and oxygen atoms in total. The van der Waals surface area contributed by atoms with Gasteiger partial charge in [-0.25, -0.2) is 8.91 Å². The molecular formula is C10H18N2O4S. The van der Waals surface area contributed by atoms with E-state index in [1.54, 1.807) is 6.92 Å². The highest BCUT2D eigenvalue weighted by Gasteiger charge is 2.57. The van der Waals surface area contributed by atoms with E-state index in [4.69, 9.17) is 9.92 Å². The van der Waals surface area contributed by atoms with Gasteiger partial charge in [0.2, 0.25) is 0 Å². The first-order chi connectivity index (χ1) is 7.71. The van der Waals surface area contributed by atoms with Crippen molar-refractivity contribution in [1.29, 1.82) is 0 Å². The van der Waals surface area contributed by atoms with Crippen molar-refractivity contribution >= 4 is 16.2 Å². The molecule has 0 aliphatic heterocycles. The molecule has 7 heteroatoms. The Hall–Kier alpha value is -0.660. The van der Waals surface area contributed by atoms with Crippen LogP contribution < -0.4 is 10.5 Å². The fourth-order valence-corrected chi connectivity index (χ4v) is 3.04. The maximum Gasteiger partial charge on any atom is 0.362 e. The molecule has 2 aliphatic carbocycles. The van der Waals surface area contributed by atoms with Gasteiger partial charge in [-0.15, -0.1) is 0 Å². The van der Waals surface area contributed by atoms with Crippen molar-refractivity contribution in [3.05, 3.63) is 0 Å². The van der Waals surface area contributed by atoms with Crippen LogP contribution >= 0.6 is 0 Å². The van der Waals surface area contributed by atoms with E-state index in [0.717, 1.165) is 6.42 Å². The van der Waals surface area contributed by atoms with Gasteiger partial charge >= 0.3 is 10.3 Å². The molecule has 2 saturated carbocycles. The SMILES string of the molecule is CCC1CC1(N)C(=O)NS(=O)(=O)OC1(C)CC1. The number of rotatable bonds is 5. The second-order valence-electron chi connectivity index (χ2n) is 5.27. The van der Waals surface area contributed by atoms with Crippen molar-refractivity contribution in [2.24, 2.45) is 11.7 Å². The van der Waals surface area contributed by atoms with Gasteiger partial charge in [-0.05, 0) is 32.1 Å². The smallest absolute Gasteiger partial charge is 0.317 e. The van der Waals surface area contributed by atoms with Crippen LogP contribution in [0.3, 0.4) is 0 Å². The summed E-state index contributed by atoms with van der Waals surface area (Å²) in [6.45, 7) is 3.61. The van der Waals surface area contributed by atoms with Crippen molar-refractivity contribution < 1.29 is 17.4 Å². The summed E-state index contributed by atoms with van der Waals surface area (Å²) in [5.74, 6) is -0.595. The van der Waals surface area contributed by atoms with Crippen molar-refractivity contribution in [3.63, 3.8) is 0 Å². The number of amides is 1. The van der Waals surface area contributed by atoms with Gasteiger partial charge in [0, 0.05) is 0 Å². The summed E-state index contributed by atoms with van der Waals surface area (Å²) in [6.07, 6.45) is 2.67. The highest BCUT2D eigenvalue weighted by Crippen LogP contribution is 2.44. The molecule has 0 radical (unpaired) electrons. The molecule has 2 atom stereocenters. The Morgan fingerprint density at radius 1 is 1.53 bits per heavy atom. The van der Waals surface area contributed by atoms with E-state index in [2.05, 4.69) is 0 Å². The summed E-state index contributed by atoms with van der Waals surface area (Å²) >= 11 is 0. The van der Waals surface area contributed by atoms with Crippen LogP contribution in [0.25, 0.3) is 0 Å². The lowest BCUT2D eigenvalue weighted by molar-refractivity contribution is -0.122. The summed E-state index contributed by atoms with van der Waals surface area (Å²) in [5.41, 5.74) is 4.13. The highest BCUT2D eigenvalue weighted by molar-refractivity contribution is 7.85. The largest absolute Gasteiger partial charge is 0.362 e. The molecule has 17 heavy (non-hydrogen) atoms. The van der Waals surface area contributed by atoms with E-state index in [1.807, 2.05) is 11.6 Å². The van der Waals surface area contributed by atoms with Crippen LogP contribution in [0.4, 0.5) is 0 Å². The van der Waals surface area contributed by atoms with Crippen LogP contribution in [-0.2, 0) is 19.3 Å². The van der Waals surface area contributed by atoms with Crippen molar-refractivity contribution in [2.75, 3.05) is 0 Å². The lowest BCUT2D eigenvalue weighted by atomic mass is 10.2.